The van der Waals surface area contributed by atoms with Crippen molar-refractivity contribution in [2.45, 2.75) is 70.1 Å². The molecule has 27 heavy (non-hydrogen) atoms. The predicted octanol–water partition coefficient (Wildman–Crippen LogP) is 5.23. The van der Waals surface area contributed by atoms with Gasteiger partial charge in [0.1, 0.15) is 5.75 Å². The van der Waals surface area contributed by atoms with Crippen LogP contribution in [0.4, 0.5) is 5.69 Å². The number of benzene rings is 1. The molecule has 150 valence electrons. The van der Waals surface area contributed by atoms with Crippen LogP contribution in [0.2, 0.25) is 0 Å². The van der Waals surface area contributed by atoms with Crippen LogP contribution in [0.1, 0.15) is 70.3 Å². The Morgan fingerprint density at radius 2 is 1.74 bits per heavy atom. The Kier molecular flexibility index (Phi) is 5.96. The molecule has 3 nitrogen and oxygen atoms in total. The molecular formula is C24H38N2O. The predicted molar refractivity (Wildman–Crippen MR) is 114 cm³/mol. The zero-order chi connectivity index (χ0) is 18.7. The second kappa shape index (κ2) is 8.43. The molecule has 1 spiro atoms. The fraction of sp³-hybridized carbons (Fsp3) is 0.750. The first-order valence-corrected chi connectivity index (χ1v) is 11.4. The van der Waals surface area contributed by atoms with Crippen molar-refractivity contribution in [1.29, 1.82) is 0 Å². The molecule has 1 aliphatic carbocycles. The molecule has 0 radical (unpaired) electrons. The first-order chi connectivity index (χ1) is 13.2. The summed E-state index contributed by atoms with van der Waals surface area (Å²) in [7, 11) is 1.77. The summed E-state index contributed by atoms with van der Waals surface area (Å²) in [4.78, 5) is 5.36. The van der Waals surface area contributed by atoms with E-state index in [-0.39, 0.29) is 0 Å². The van der Waals surface area contributed by atoms with E-state index in [4.69, 9.17) is 4.74 Å². The van der Waals surface area contributed by atoms with Gasteiger partial charge in [-0.15, -0.1) is 0 Å². The van der Waals surface area contributed by atoms with Gasteiger partial charge in [0.05, 0.1) is 7.11 Å². The van der Waals surface area contributed by atoms with E-state index in [2.05, 4.69) is 34.9 Å². The molecule has 1 aromatic rings. The molecule has 3 heteroatoms. The van der Waals surface area contributed by atoms with Crippen molar-refractivity contribution in [2.24, 2.45) is 5.92 Å². The Bertz CT molecular complexity index is 613. The van der Waals surface area contributed by atoms with Gasteiger partial charge >= 0.3 is 0 Å². The Balaban J connectivity index is 1.41. The molecule has 1 saturated heterocycles. The number of fused-ring (bicyclic) bond motifs is 2. The Labute approximate surface area is 166 Å². The Morgan fingerprint density at radius 1 is 1.04 bits per heavy atom. The van der Waals surface area contributed by atoms with Gasteiger partial charge in [0, 0.05) is 36.8 Å². The summed E-state index contributed by atoms with van der Waals surface area (Å²) in [6.07, 6.45) is 12.9. The summed E-state index contributed by atoms with van der Waals surface area (Å²) in [6, 6.07) is 6.78. The maximum absolute atomic E-state index is 5.49. The molecule has 4 rings (SSSR count). The number of ether oxygens (including phenoxy) is 1. The molecule has 0 bridgehead atoms. The van der Waals surface area contributed by atoms with Gasteiger partial charge in [0.15, 0.2) is 0 Å². The number of hydrogen-bond donors (Lipinski definition) is 0. The maximum Gasteiger partial charge on any atom is 0.120 e. The van der Waals surface area contributed by atoms with Crippen LogP contribution in [0.3, 0.4) is 0 Å². The van der Waals surface area contributed by atoms with Gasteiger partial charge in [0.2, 0.25) is 0 Å². The summed E-state index contributed by atoms with van der Waals surface area (Å²) < 4.78 is 5.49. The third-order valence-electron chi connectivity index (χ3n) is 7.55. The van der Waals surface area contributed by atoms with Crippen LogP contribution in [-0.4, -0.2) is 44.7 Å². The molecule has 2 aliphatic heterocycles. The monoisotopic (exact) mass is 370 g/mol. The topological polar surface area (TPSA) is 15.7 Å². The van der Waals surface area contributed by atoms with E-state index < -0.39 is 0 Å². The lowest BCUT2D eigenvalue weighted by Crippen LogP contribution is -2.46. The van der Waals surface area contributed by atoms with Crippen LogP contribution in [0.25, 0.3) is 0 Å². The molecule has 2 fully saturated rings. The quantitative estimate of drug-likeness (QED) is 0.722. The lowest BCUT2D eigenvalue weighted by Gasteiger charge is -2.41. The van der Waals surface area contributed by atoms with Crippen LogP contribution < -0.4 is 9.64 Å². The highest BCUT2D eigenvalue weighted by Gasteiger charge is 2.44. The van der Waals surface area contributed by atoms with E-state index >= 15 is 0 Å². The van der Waals surface area contributed by atoms with Crippen molar-refractivity contribution in [3.63, 3.8) is 0 Å². The molecule has 1 aromatic carbocycles. The number of piperidine rings is 1. The summed E-state index contributed by atoms with van der Waals surface area (Å²) in [5.41, 5.74) is 3.37. The van der Waals surface area contributed by atoms with Crippen molar-refractivity contribution >= 4 is 5.69 Å². The molecule has 3 aliphatic rings. The van der Waals surface area contributed by atoms with Crippen molar-refractivity contribution in [3.05, 3.63) is 23.8 Å². The number of methoxy groups -OCH3 is 1. The average Bonchev–Trinajstić information content (AvgIpc) is 2.98. The smallest absolute Gasteiger partial charge is 0.120 e. The molecule has 0 atom stereocenters. The van der Waals surface area contributed by atoms with E-state index in [0.29, 0.717) is 5.41 Å². The normalized spacial score (nSPS) is 23.9. The van der Waals surface area contributed by atoms with Crippen LogP contribution >= 0.6 is 0 Å². The number of likely N-dealkylation sites (N-methyl/N-ethyl adjacent to an activating group) is 1. The van der Waals surface area contributed by atoms with Gasteiger partial charge in [-0.2, -0.15) is 0 Å². The van der Waals surface area contributed by atoms with Gasteiger partial charge in [-0.3, -0.25) is 0 Å². The number of likely N-dealkylation sites (tertiary alicyclic amines) is 1. The van der Waals surface area contributed by atoms with E-state index in [1.165, 1.54) is 89.7 Å². The van der Waals surface area contributed by atoms with Crippen LogP contribution in [0.5, 0.6) is 5.75 Å². The van der Waals surface area contributed by atoms with Crippen LogP contribution in [-0.2, 0) is 5.41 Å². The Morgan fingerprint density at radius 3 is 2.41 bits per heavy atom. The Hall–Kier alpha value is -1.22. The number of rotatable bonds is 4. The largest absolute Gasteiger partial charge is 0.497 e. The van der Waals surface area contributed by atoms with Gasteiger partial charge in [-0.25, -0.2) is 0 Å². The lowest BCUT2D eigenvalue weighted by atomic mass is 9.74. The maximum atomic E-state index is 5.49. The summed E-state index contributed by atoms with van der Waals surface area (Å²) in [6.45, 7) is 8.48. The number of anilines is 1. The third-order valence-corrected chi connectivity index (χ3v) is 7.55. The lowest BCUT2D eigenvalue weighted by molar-refractivity contribution is 0.137. The minimum atomic E-state index is 0.370. The highest BCUT2D eigenvalue weighted by Crippen LogP contribution is 2.48. The van der Waals surface area contributed by atoms with E-state index in [1.807, 2.05) is 0 Å². The SMILES string of the molecule is CCN1CC2(CCN(CC3CCCCCCC3)CC2)c2ccc(OC)cc21. The van der Waals surface area contributed by atoms with Crippen molar-refractivity contribution < 1.29 is 4.74 Å². The second-order valence-electron chi connectivity index (χ2n) is 9.19. The van der Waals surface area contributed by atoms with Gasteiger partial charge in [-0.05, 0) is 63.2 Å². The summed E-state index contributed by atoms with van der Waals surface area (Å²) in [5.74, 6) is 1.94. The van der Waals surface area contributed by atoms with Crippen LogP contribution in [0.15, 0.2) is 18.2 Å². The molecule has 0 amide bonds. The fourth-order valence-corrected chi connectivity index (χ4v) is 5.85. The zero-order valence-corrected chi connectivity index (χ0v) is 17.5. The minimum Gasteiger partial charge on any atom is -0.497 e. The first-order valence-electron chi connectivity index (χ1n) is 11.4. The van der Waals surface area contributed by atoms with Gasteiger partial charge < -0.3 is 14.5 Å². The number of nitrogens with zero attached hydrogens (tertiary/aromatic N) is 2. The van der Waals surface area contributed by atoms with Gasteiger partial charge in [-0.1, -0.05) is 38.2 Å². The molecule has 1 saturated carbocycles. The fourth-order valence-electron chi connectivity index (χ4n) is 5.85. The average molecular weight is 371 g/mol. The third kappa shape index (κ3) is 3.99. The highest BCUT2D eigenvalue weighted by atomic mass is 16.5. The first kappa shape index (κ1) is 19.1. The van der Waals surface area contributed by atoms with Crippen molar-refractivity contribution in [2.75, 3.05) is 44.7 Å². The standard InChI is InChI=1S/C24H38N2O/c1-3-26-19-24(22-12-11-21(27-2)17-23(22)26)13-15-25(16-14-24)18-20-9-7-5-4-6-8-10-20/h11-12,17,20H,3-10,13-16,18-19H2,1-2H3. The molecule has 0 aromatic heterocycles. The molecular weight excluding hydrogens is 332 g/mol. The second-order valence-corrected chi connectivity index (χ2v) is 9.19. The van der Waals surface area contributed by atoms with Gasteiger partial charge in [0.25, 0.3) is 0 Å². The number of hydrogen-bond acceptors (Lipinski definition) is 3. The van der Waals surface area contributed by atoms with E-state index in [9.17, 15) is 0 Å². The van der Waals surface area contributed by atoms with E-state index in [1.54, 1.807) is 12.7 Å². The van der Waals surface area contributed by atoms with Crippen molar-refractivity contribution in [3.8, 4) is 5.75 Å². The highest BCUT2D eigenvalue weighted by molar-refractivity contribution is 5.65. The van der Waals surface area contributed by atoms with E-state index in [0.717, 1.165) is 18.2 Å². The zero-order valence-electron chi connectivity index (χ0n) is 17.5. The molecule has 2 heterocycles. The molecule has 0 N–H and O–H groups in total. The van der Waals surface area contributed by atoms with Crippen LogP contribution in [0, 0.1) is 5.92 Å². The van der Waals surface area contributed by atoms with Crippen molar-refractivity contribution in [1.82, 2.24) is 4.90 Å². The summed E-state index contributed by atoms with van der Waals surface area (Å²) >= 11 is 0. The molecule has 0 unspecified atom stereocenters. The minimum absolute atomic E-state index is 0.370. The summed E-state index contributed by atoms with van der Waals surface area (Å²) in [5, 5.41) is 0.